The maximum atomic E-state index is 8.85. The zero-order chi connectivity index (χ0) is 13.3. The Hall–Kier alpha value is -1.24. The van der Waals surface area contributed by atoms with Gasteiger partial charge in [0, 0.05) is 19.1 Å². The number of anilines is 1. The molecule has 0 radical (unpaired) electrons. The molecule has 1 saturated heterocycles. The lowest BCUT2D eigenvalue weighted by Gasteiger charge is -2.23. The van der Waals surface area contributed by atoms with Gasteiger partial charge in [-0.15, -0.1) is 0 Å². The van der Waals surface area contributed by atoms with Gasteiger partial charge in [0.15, 0.2) is 0 Å². The number of rotatable bonds is 2. The molecule has 0 amide bonds. The highest BCUT2D eigenvalue weighted by Crippen LogP contribution is 2.32. The van der Waals surface area contributed by atoms with Crippen molar-refractivity contribution in [2.45, 2.75) is 13.0 Å². The van der Waals surface area contributed by atoms with Crippen LogP contribution in [0, 0.1) is 17.2 Å². The topological polar surface area (TPSA) is 30.3 Å². The average Bonchev–Trinajstić information content (AvgIpc) is 2.71. The van der Waals surface area contributed by atoms with Crippen LogP contribution in [0.5, 0.6) is 0 Å². The smallest absolute Gasteiger partial charge is 0.0992 e. The third-order valence-corrected chi connectivity index (χ3v) is 3.96. The van der Waals surface area contributed by atoms with Gasteiger partial charge in [0.1, 0.15) is 0 Å². The molecule has 4 heteroatoms. The molecule has 18 heavy (non-hydrogen) atoms. The number of halogens is 1. The second kappa shape index (κ2) is 5.17. The normalized spacial score (nSPS) is 23.4. The predicted octanol–water partition coefficient (Wildman–Crippen LogP) is 2.60. The Balaban J connectivity index is 2.22. The Bertz CT molecular complexity index is 478. The highest BCUT2D eigenvalue weighted by molar-refractivity contribution is 6.33. The molecule has 96 valence electrons. The van der Waals surface area contributed by atoms with Crippen molar-refractivity contribution in [1.82, 2.24) is 4.90 Å². The summed E-state index contributed by atoms with van der Waals surface area (Å²) in [4.78, 5) is 4.57. The van der Waals surface area contributed by atoms with Crippen molar-refractivity contribution in [3.05, 3.63) is 28.8 Å². The van der Waals surface area contributed by atoms with E-state index >= 15 is 0 Å². The summed E-state index contributed by atoms with van der Waals surface area (Å²) in [5.74, 6) is 0.617. The molecular weight excluding hydrogens is 246 g/mol. The molecule has 1 aliphatic rings. The fourth-order valence-corrected chi connectivity index (χ4v) is 2.95. The molecule has 0 saturated carbocycles. The average molecular weight is 264 g/mol. The van der Waals surface area contributed by atoms with E-state index in [0.717, 1.165) is 18.8 Å². The molecule has 0 aromatic heterocycles. The fraction of sp³-hybridized carbons (Fsp3) is 0.500. The minimum atomic E-state index is 0.553. The second-order valence-electron chi connectivity index (χ2n) is 5.19. The summed E-state index contributed by atoms with van der Waals surface area (Å²) in [5, 5.41) is 9.51. The summed E-state index contributed by atoms with van der Waals surface area (Å²) < 4.78 is 0. The van der Waals surface area contributed by atoms with E-state index in [1.54, 1.807) is 6.07 Å². The van der Waals surface area contributed by atoms with Crippen LogP contribution in [0.3, 0.4) is 0 Å². The lowest BCUT2D eigenvalue weighted by molar-refractivity contribution is 0.266. The Kier molecular flexibility index (Phi) is 3.79. The summed E-state index contributed by atoms with van der Waals surface area (Å²) in [6, 6.07) is 8.18. The number of nitrogens with zero attached hydrogens (tertiary/aromatic N) is 3. The summed E-state index contributed by atoms with van der Waals surface area (Å²) in [6.07, 6.45) is 0. The summed E-state index contributed by atoms with van der Waals surface area (Å²) >= 11 is 6.26. The van der Waals surface area contributed by atoms with Crippen molar-refractivity contribution in [2.24, 2.45) is 5.92 Å². The number of benzene rings is 1. The number of hydrogen-bond donors (Lipinski definition) is 0. The van der Waals surface area contributed by atoms with Crippen LogP contribution in [-0.2, 0) is 0 Å². The highest BCUT2D eigenvalue weighted by Gasteiger charge is 2.31. The number of hydrogen-bond acceptors (Lipinski definition) is 3. The molecule has 0 N–H and O–H groups in total. The van der Waals surface area contributed by atoms with E-state index in [0.29, 0.717) is 22.5 Å². The number of likely N-dealkylation sites (N-methyl/N-ethyl adjacent to an activating group) is 1. The standard InChI is InChI=1S/C14H18ClN3/c1-10-8-18(9-14(10)17(2)3)13-5-4-11(7-16)6-12(13)15/h4-6,10,14H,8-9H2,1-3H3. The third kappa shape index (κ3) is 2.45. The maximum Gasteiger partial charge on any atom is 0.0992 e. The van der Waals surface area contributed by atoms with Crippen molar-refractivity contribution in [2.75, 3.05) is 32.1 Å². The van der Waals surface area contributed by atoms with Gasteiger partial charge in [-0.3, -0.25) is 0 Å². The molecule has 2 atom stereocenters. The Morgan fingerprint density at radius 3 is 2.61 bits per heavy atom. The van der Waals surface area contributed by atoms with Gasteiger partial charge in [0.25, 0.3) is 0 Å². The highest BCUT2D eigenvalue weighted by atomic mass is 35.5. The van der Waals surface area contributed by atoms with Crippen LogP contribution in [0.1, 0.15) is 12.5 Å². The first kappa shape index (κ1) is 13.2. The van der Waals surface area contributed by atoms with Crippen LogP contribution in [0.2, 0.25) is 5.02 Å². The van der Waals surface area contributed by atoms with E-state index in [-0.39, 0.29) is 0 Å². The van der Waals surface area contributed by atoms with Crippen LogP contribution in [0.15, 0.2) is 18.2 Å². The molecule has 1 aromatic carbocycles. The molecule has 3 nitrogen and oxygen atoms in total. The molecule has 1 aliphatic heterocycles. The van der Waals surface area contributed by atoms with Gasteiger partial charge >= 0.3 is 0 Å². The minimum absolute atomic E-state index is 0.553. The summed E-state index contributed by atoms with van der Waals surface area (Å²) in [5.41, 5.74) is 1.65. The second-order valence-corrected chi connectivity index (χ2v) is 5.60. The monoisotopic (exact) mass is 263 g/mol. The SMILES string of the molecule is CC1CN(c2ccc(C#N)cc2Cl)CC1N(C)C. The molecule has 0 spiro atoms. The molecule has 2 rings (SSSR count). The Morgan fingerprint density at radius 1 is 1.39 bits per heavy atom. The van der Waals surface area contributed by atoms with Crippen molar-refractivity contribution in [1.29, 1.82) is 5.26 Å². The van der Waals surface area contributed by atoms with Crippen LogP contribution in [-0.4, -0.2) is 38.1 Å². The first-order chi connectivity index (χ1) is 8.52. The van der Waals surface area contributed by atoms with Gasteiger partial charge in [-0.05, 0) is 38.2 Å². The van der Waals surface area contributed by atoms with E-state index in [9.17, 15) is 0 Å². The quantitative estimate of drug-likeness (QED) is 0.822. The van der Waals surface area contributed by atoms with Gasteiger partial charge in [-0.2, -0.15) is 5.26 Å². The van der Waals surface area contributed by atoms with Crippen molar-refractivity contribution >= 4 is 17.3 Å². The Labute approximate surface area is 114 Å². The van der Waals surface area contributed by atoms with Crippen LogP contribution in [0.4, 0.5) is 5.69 Å². The lowest BCUT2D eigenvalue weighted by atomic mass is 10.1. The number of nitriles is 1. The zero-order valence-electron chi connectivity index (χ0n) is 11.0. The molecule has 2 unspecified atom stereocenters. The van der Waals surface area contributed by atoms with Gasteiger partial charge in [0.2, 0.25) is 0 Å². The largest absolute Gasteiger partial charge is 0.368 e. The predicted molar refractivity (Wildman–Crippen MR) is 75.0 cm³/mol. The first-order valence-electron chi connectivity index (χ1n) is 6.14. The molecule has 0 bridgehead atoms. The molecule has 0 aliphatic carbocycles. The summed E-state index contributed by atoms with van der Waals surface area (Å²) in [7, 11) is 4.23. The summed E-state index contributed by atoms with van der Waals surface area (Å²) in [6.45, 7) is 4.26. The third-order valence-electron chi connectivity index (χ3n) is 3.65. The van der Waals surface area contributed by atoms with Crippen molar-refractivity contribution in [3.63, 3.8) is 0 Å². The van der Waals surface area contributed by atoms with E-state index in [1.165, 1.54) is 0 Å². The van der Waals surface area contributed by atoms with Gasteiger partial charge in [-0.25, -0.2) is 0 Å². The van der Waals surface area contributed by atoms with Crippen LogP contribution in [0.25, 0.3) is 0 Å². The minimum Gasteiger partial charge on any atom is -0.368 e. The van der Waals surface area contributed by atoms with Crippen molar-refractivity contribution < 1.29 is 0 Å². The van der Waals surface area contributed by atoms with Gasteiger partial charge in [0.05, 0.1) is 22.3 Å². The van der Waals surface area contributed by atoms with Crippen molar-refractivity contribution in [3.8, 4) is 6.07 Å². The molecule has 1 fully saturated rings. The molecular formula is C14H18ClN3. The Morgan fingerprint density at radius 2 is 2.11 bits per heavy atom. The maximum absolute atomic E-state index is 8.85. The van der Waals surface area contributed by atoms with E-state index in [4.69, 9.17) is 16.9 Å². The van der Waals surface area contributed by atoms with Gasteiger partial charge in [-0.1, -0.05) is 18.5 Å². The van der Waals surface area contributed by atoms with Crippen LogP contribution < -0.4 is 4.90 Å². The first-order valence-corrected chi connectivity index (χ1v) is 6.51. The molecule has 1 heterocycles. The van der Waals surface area contributed by atoms with E-state index in [2.05, 4.69) is 36.9 Å². The fourth-order valence-electron chi connectivity index (χ4n) is 2.65. The lowest BCUT2D eigenvalue weighted by Crippen LogP contribution is -2.34. The van der Waals surface area contributed by atoms with E-state index in [1.807, 2.05) is 12.1 Å². The van der Waals surface area contributed by atoms with E-state index < -0.39 is 0 Å². The van der Waals surface area contributed by atoms with Gasteiger partial charge < -0.3 is 9.80 Å². The van der Waals surface area contributed by atoms with Crippen LogP contribution >= 0.6 is 11.6 Å². The molecule has 1 aromatic rings. The zero-order valence-corrected chi connectivity index (χ0v) is 11.8.